The van der Waals surface area contributed by atoms with Gasteiger partial charge in [-0.05, 0) is 43.2 Å². The Morgan fingerprint density at radius 2 is 2.27 bits per heavy atom. The molecule has 5 rings (SSSR count). The van der Waals surface area contributed by atoms with Gasteiger partial charge in [-0.25, -0.2) is 4.98 Å². The summed E-state index contributed by atoms with van der Waals surface area (Å²) < 4.78 is 1.11. The molecule has 1 aliphatic heterocycles. The number of anilines is 3. The molecular weight excluding hydrogens is 398 g/mol. The normalized spacial score (nSPS) is 16.7. The fourth-order valence-corrected chi connectivity index (χ4v) is 4.50. The quantitative estimate of drug-likeness (QED) is 0.424. The molecule has 1 saturated heterocycles. The third kappa shape index (κ3) is 3.59. The molecule has 0 radical (unpaired) electrons. The fourth-order valence-electron chi connectivity index (χ4n) is 3.79. The minimum Gasteiger partial charge on any atom is -0.365 e. The Morgan fingerprint density at radius 1 is 1.33 bits per heavy atom. The molecule has 1 fully saturated rings. The van der Waals surface area contributed by atoms with Crippen molar-refractivity contribution in [3.8, 4) is 0 Å². The van der Waals surface area contributed by atoms with Crippen LogP contribution in [-0.4, -0.2) is 49.9 Å². The van der Waals surface area contributed by atoms with Crippen LogP contribution in [0.2, 0.25) is 0 Å². The molecule has 0 aliphatic carbocycles. The van der Waals surface area contributed by atoms with Crippen LogP contribution in [0.3, 0.4) is 0 Å². The van der Waals surface area contributed by atoms with Gasteiger partial charge in [0.15, 0.2) is 0 Å². The Hall–Kier alpha value is -3.46. The van der Waals surface area contributed by atoms with Gasteiger partial charge in [-0.1, -0.05) is 6.58 Å². The number of hydrogen-bond donors (Lipinski definition) is 3. The van der Waals surface area contributed by atoms with Crippen LogP contribution in [0.15, 0.2) is 48.6 Å². The summed E-state index contributed by atoms with van der Waals surface area (Å²) in [6, 6.07) is 8.07. The zero-order valence-corrected chi connectivity index (χ0v) is 17.1. The van der Waals surface area contributed by atoms with Crippen LogP contribution in [0.4, 0.5) is 17.5 Å². The molecule has 0 bridgehead atoms. The first kappa shape index (κ1) is 18.6. The van der Waals surface area contributed by atoms with Crippen molar-refractivity contribution < 1.29 is 4.79 Å². The lowest BCUT2D eigenvalue weighted by Gasteiger charge is -2.33. The van der Waals surface area contributed by atoms with Gasteiger partial charge >= 0.3 is 0 Å². The number of amides is 1. The lowest BCUT2D eigenvalue weighted by molar-refractivity contribution is -0.127. The van der Waals surface area contributed by atoms with Crippen molar-refractivity contribution in [3.63, 3.8) is 0 Å². The summed E-state index contributed by atoms with van der Waals surface area (Å²) in [5.74, 6) is 1.23. The van der Waals surface area contributed by atoms with Crippen LogP contribution in [0, 0.1) is 0 Å². The highest BCUT2D eigenvalue weighted by Gasteiger charge is 2.23. The molecule has 0 spiro atoms. The van der Waals surface area contributed by atoms with E-state index in [1.165, 1.54) is 6.08 Å². The van der Waals surface area contributed by atoms with Gasteiger partial charge in [0.25, 0.3) is 0 Å². The van der Waals surface area contributed by atoms with Gasteiger partial charge in [-0.15, -0.1) is 11.3 Å². The van der Waals surface area contributed by atoms with Gasteiger partial charge < -0.3 is 20.5 Å². The van der Waals surface area contributed by atoms with Gasteiger partial charge in [0.1, 0.15) is 11.5 Å². The van der Waals surface area contributed by atoms with E-state index in [4.69, 9.17) is 4.98 Å². The highest BCUT2D eigenvalue weighted by atomic mass is 32.1. The number of benzene rings is 1. The van der Waals surface area contributed by atoms with Crippen molar-refractivity contribution in [1.29, 1.82) is 0 Å². The first-order valence-corrected chi connectivity index (χ1v) is 10.7. The van der Waals surface area contributed by atoms with Crippen molar-refractivity contribution >= 4 is 55.9 Å². The SMILES string of the molecule is C=CC(=O)N1CCC[C@@H](Nc2nc(Nc3ccc4ncsc4c3)nc3[nH]ccc23)C1. The molecule has 8 nitrogen and oxygen atoms in total. The van der Waals surface area contributed by atoms with Gasteiger partial charge in [0.05, 0.1) is 21.1 Å². The number of nitrogens with zero attached hydrogens (tertiary/aromatic N) is 4. The summed E-state index contributed by atoms with van der Waals surface area (Å²) in [5.41, 5.74) is 4.47. The molecule has 1 aliphatic rings. The molecule has 3 N–H and O–H groups in total. The molecule has 0 saturated carbocycles. The smallest absolute Gasteiger partial charge is 0.246 e. The molecule has 1 atom stereocenters. The number of carbonyl (C=O) groups excluding carboxylic acids is 1. The van der Waals surface area contributed by atoms with Crippen molar-refractivity contribution in [1.82, 2.24) is 24.8 Å². The minimum absolute atomic E-state index is 0.0307. The molecule has 3 aromatic heterocycles. The average molecular weight is 420 g/mol. The van der Waals surface area contributed by atoms with Crippen LogP contribution in [0.1, 0.15) is 12.8 Å². The van der Waals surface area contributed by atoms with Crippen LogP contribution in [0.5, 0.6) is 0 Å². The largest absolute Gasteiger partial charge is 0.365 e. The molecule has 1 aromatic carbocycles. The number of fused-ring (bicyclic) bond motifs is 2. The Labute approximate surface area is 177 Å². The molecule has 152 valence electrons. The number of likely N-dealkylation sites (tertiary alicyclic amines) is 1. The number of thiazole rings is 1. The van der Waals surface area contributed by atoms with E-state index in [1.54, 1.807) is 11.3 Å². The molecule has 4 aromatic rings. The second-order valence-electron chi connectivity index (χ2n) is 7.27. The van der Waals surface area contributed by atoms with Crippen molar-refractivity contribution in [2.45, 2.75) is 18.9 Å². The lowest BCUT2D eigenvalue weighted by atomic mass is 10.1. The van der Waals surface area contributed by atoms with E-state index in [9.17, 15) is 4.79 Å². The van der Waals surface area contributed by atoms with E-state index in [0.717, 1.165) is 52.1 Å². The number of aromatic nitrogens is 4. The number of aromatic amines is 1. The number of hydrogen-bond acceptors (Lipinski definition) is 7. The highest BCUT2D eigenvalue weighted by Crippen LogP contribution is 2.27. The van der Waals surface area contributed by atoms with Gasteiger partial charge in [0.2, 0.25) is 11.9 Å². The van der Waals surface area contributed by atoms with Crippen molar-refractivity contribution in [2.75, 3.05) is 23.7 Å². The third-order valence-corrected chi connectivity index (χ3v) is 6.04. The summed E-state index contributed by atoms with van der Waals surface area (Å²) in [6.45, 7) is 4.99. The Bertz CT molecular complexity index is 1230. The lowest BCUT2D eigenvalue weighted by Crippen LogP contribution is -2.44. The van der Waals surface area contributed by atoms with E-state index in [-0.39, 0.29) is 11.9 Å². The predicted octanol–water partition coefficient (Wildman–Crippen LogP) is 3.90. The second-order valence-corrected chi connectivity index (χ2v) is 8.15. The van der Waals surface area contributed by atoms with E-state index in [2.05, 4.69) is 32.2 Å². The van der Waals surface area contributed by atoms with Crippen LogP contribution < -0.4 is 10.6 Å². The van der Waals surface area contributed by atoms with Crippen LogP contribution in [-0.2, 0) is 4.79 Å². The molecular formula is C21H21N7OS. The zero-order chi connectivity index (χ0) is 20.5. The highest BCUT2D eigenvalue weighted by molar-refractivity contribution is 7.16. The van der Waals surface area contributed by atoms with Crippen LogP contribution in [0.25, 0.3) is 21.3 Å². The minimum atomic E-state index is -0.0307. The monoisotopic (exact) mass is 419 g/mol. The first-order chi connectivity index (χ1) is 14.7. The first-order valence-electron chi connectivity index (χ1n) is 9.83. The number of H-pyrrole nitrogens is 1. The van der Waals surface area contributed by atoms with Gasteiger partial charge in [-0.2, -0.15) is 9.97 Å². The number of piperidine rings is 1. The summed E-state index contributed by atoms with van der Waals surface area (Å²) in [5, 5.41) is 7.75. The van der Waals surface area contributed by atoms with E-state index >= 15 is 0 Å². The molecule has 30 heavy (non-hydrogen) atoms. The van der Waals surface area contributed by atoms with Crippen molar-refractivity contribution in [3.05, 3.63) is 48.6 Å². The fraction of sp³-hybridized carbons (Fsp3) is 0.238. The topological polar surface area (TPSA) is 98.8 Å². The molecule has 9 heteroatoms. The number of nitrogens with one attached hydrogen (secondary N) is 3. The van der Waals surface area contributed by atoms with E-state index < -0.39 is 0 Å². The Balaban J connectivity index is 1.41. The van der Waals surface area contributed by atoms with E-state index in [1.807, 2.05) is 40.9 Å². The third-order valence-electron chi connectivity index (χ3n) is 5.25. The predicted molar refractivity (Wildman–Crippen MR) is 120 cm³/mol. The summed E-state index contributed by atoms with van der Waals surface area (Å²) in [4.78, 5) is 30.6. The standard InChI is InChI=1S/C21H21N7OS/c1-2-18(29)28-9-3-4-14(11-28)24-20-15-7-8-22-19(15)26-21(27-20)25-13-5-6-16-17(10-13)30-12-23-16/h2,5-8,10,12,14H,1,3-4,9,11H2,(H3,22,24,25,26,27)/t14-/m1/s1. The van der Waals surface area contributed by atoms with E-state index in [0.29, 0.717) is 12.5 Å². The van der Waals surface area contributed by atoms with Gasteiger partial charge in [0, 0.05) is 31.0 Å². The Morgan fingerprint density at radius 3 is 3.17 bits per heavy atom. The maximum Gasteiger partial charge on any atom is 0.246 e. The van der Waals surface area contributed by atoms with Crippen molar-refractivity contribution in [2.24, 2.45) is 0 Å². The Kier molecular flexibility index (Phi) is 4.80. The molecule has 0 unspecified atom stereocenters. The summed E-state index contributed by atoms with van der Waals surface area (Å²) in [7, 11) is 0. The maximum absolute atomic E-state index is 12.0. The number of rotatable bonds is 5. The van der Waals surface area contributed by atoms with Crippen LogP contribution >= 0.6 is 11.3 Å². The second kappa shape index (κ2) is 7.75. The molecule has 1 amide bonds. The summed E-state index contributed by atoms with van der Waals surface area (Å²) >= 11 is 1.60. The van der Waals surface area contributed by atoms with Gasteiger partial charge in [-0.3, -0.25) is 4.79 Å². The average Bonchev–Trinajstić information content (AvgIpc) is 3.42. The summed E-state index contributed by atoms with van der Waals surface area (Å²) in [6.07, 6.45) is 5.14. The maximum atomic E-state index is 12.0. The zero-order valence-electron chi connectivity index (χ0n) is 16.3. The molecule has 4 heterocycles. The number of carbonyl (C=O) groups is 1.